The summed E-state index contributed by atoms with van der Waals surface area (Å²) in [5.41, 5.74) is 1.35. The number of nitrogens with one attached hydrogen (secondary N) is 2. The largest absolute Gasteiger partial charge is 0.365 e. The Morgan fingerprint density at radius 2 is 2.14 bits per heavy atom. The standard InChI is InChI=1S/C17H20N4S/c1-2-4-14-13(3-1)18-16(22-14)19-15-5-8-17(20-15)11-21-9-6-12(17)7-10-21/h1-5,12,20H,6-11H2,(H,18,19)/t17-/m1/s1. The number of piperidine rings is 3. The third kappa shape index (κ3) is 1.96. The second-order valence-corrected chi connectivity index (χ2v) is 7.80. The van der Waals surface area contributed by atoms with Crippen LogP contribution in [0.5, 0.6) is 0 Å². The summed E-state index contributed by atoms with van der Waals surface area (Å²) in [6.45, 7) is 3.77. The molecule has 0 unspecified atom stereocenters. The summed E-state index contributed by atoms with van der Waals surface area (Å²) in [5, 5.41) is 8.29. The lowest BCUT2D eigenvalue weighted by Gasteiger charge is -2.52. The highest BCUT2D eigenvalue weighted by Gasteiger charge is 2.48. The Kier molecular flexibility index (Phi) is 2.76. The first-order valence-electron chi connectivity index (χ1n) is 8.14. The molecule has 2 bridgehead atoms. The van der Waals surface area contributed by atoms with Crippen molar-refractivity contribution in [1.29, 1.82) is 0 Å². The number of fused-ring (bicyclic) bond motifs is 3. The van der Waals surface area contributed by atoms with Crippen molar-refractivity contribution >= 4 is 26.7 Å². The Bertz CT molecular complexity index is 711. The molecule has 0 saturated carbocycles. The number of para-hydroxylation sites is 1. The zero-order chi connectivity index (χ0) is 14.6. The Hall–Kier alpha value is -1.59. The fraction of sp³-hybridized carbons (Fsp3) is 0.471. The van der Waals surface area contributed by atoms with Gasteiger partial charge >= 0.3 is 0 Å². The maximum atomic E-state index is 4.67. The highest BCUT2D eigenvalue weighted by molar-refractivity contribution is 7.22. The van der Waals surface area contributed by atoms with Crippen molar-refractivity contribution in [2.75, 3.05) is 25.0 Å². The molecule has 0 radical (unpaired) electrons. The van der Waals surface area contributed by atoms with Crippen molar-refractivity contribution < 1.29 is 0 Å². The second-order valence-electron chi connectivity index (χ2n) is 6.77. The molecule has 22 heavy (non-hydrogen) atoms. The molecule has 2 N–H and O–H groups in total. The van der Waals surface area contributed by atoms with Crippen molar-refractivity contribution in [3.8, 4) is 0 Å². The van der Waals surface area contributed by atoms with E-state index in [-0.39, 0.29) is 5.54 Å². The van der Waals surface area contributed by atoms with E-state index in [2.05, 4.69) is 44.8 Å². The predicted molar refractivity (Wildman–Crippen MR) is 91.0 cm³/mol. The van der Waals surface area contributed by atoms with E-state index < -0.39 is 0 Å². The molecular formula is C17H20N4S. The number of benzene rings is 1. The monoisotopic (exact) mass is 312 g/mol. The van der Waals surface area contributed by atoms with Crippen molar-refractivity contribution in [2.45, 2.75) is 24.8 Å². The first-order chi connectivity index (χ1) is 10.8. The normalized spacial score (nSPS) is 33.2. The van der Waals surface area contributed by atoms with Gasteiger partial charge < -0.3 is 15.5 Å². The van der Waals surface area contributed by atoms with Crippen LogP contribution >= 0.6 is 11.3 Å². The third-order valence-electron chi connectivity index (χ3n) is 5.46. The van der Waals surface area contributed by atoms with Gasteiger partial charge in [-0.25, -0.2) is 4.98 Å². The number of anilines is 1. The van der Waals surface area contributed by atoms with E-state index in [1.807, 2.05) is 6.07 Å². The van der Waals surface area contributed by atoms with Gasteiger partial charge in [0.2, 0.25) is 0 Å². The Morgan fingerprint density at radius 1 is 1.27 bits per heavy atom. The van der Waals surface area contributed by atoms with Crippen LogP contribution in [0.2, 0.25) is 0 Å². The van der Waals surface area contributed by atoms with Crippen LogP contribution in [0.15, 0.2) is 36.2 Å². The smallest absolute Gasteiger partial charge is 0.189 e. The number of hydrogen-bond acceptors (Lipinski definition) is 5. The van der Waals surface area contributed by atoms with Crippen molar-refractivity contribution in [2.24, 2.45) is 5.92 Å². The summed E-state index contributed by atoms with van der Waals surface area (Å²) in [6, 6.07) is 8.31. The summed E-state index contributed by atoms with van der Waals surface area (Å²) in [7, 11) is 0. The first-order valence-corrected chi connectivity index (χ1v) is 8.96. The minimum absolute atomic E-state index is 0.273. The van der Waals surface area contributed by atoms with Gasteiger partial charge in [0.1, 0.15) is 5.82 Å². The van der Waals surface area contributed by atoms with Gasteiger partial charge in [-0.1, -0.05) is 23.5 Å². The minimum atomic E-state index is 0.273. The number of aromatic nitrogens is 1. The van der Waals surface area contributed by atoms with Crippen molar-refractivity contribution in [3.05, 3.63) is 36.2 Å². The van der Waals surface area contributed by atoms with Crippen LogP contribution in [0, 0.1) is 5.92 Å². The average Bonchev–Trinajstić information content (AvgIpc) is 3.12. The van der Waals surface area contributed by atoms with Gasteiger partial charge in [0, 0.05) is 6.54 Å². The van der Waals surface area contributed by atoms with Gasteiger partial charge in [0.15, 0.2) is 5.13 Å². The van der Waals surface area contributed by atoms with Gasteiger partial charge in [-0.15, -0.1) is 0 Å². The maximum Gasteiger partial charge on any atom is 0.189 e. The fourth-order valence-corrected chi connectivity index (χ4v) is 5.20. The number of hydrogen-bond donors (Lipinski definition) is 2. The van der Waals surface area contributed by atoms with E-state index >= 15 is 0 Å². The van der Waals surface area contributed by atoms with Crippen LogP contribution in [0.3, 0.4) is 0 Å². The predicted octanol–water partition coefficient (Wildman–Crippen LogP) is 3.01. The van der Waals surface area contributed by atoms with Crippen molar-refractivity contribution in [1.82, 2.24) is 15.2 Å². The molecule has 1 aromatic carbocycles. The first kappa shape index (κ1) is 12.9. The van der Waals surface area contributed by atoms with Gasteiger partial charge in [-0.2, -0.15) is 0 Å². The highest BCUT2D eigenvalue weighted by Crippen LogP contribution is 2.41. The topological polar surface area (TPSA) is 40.2 Å². The van der Waals surface area contributed by atoms with Crippen LogP contribution in [-0.2, 0) is 0 Å². The molecule has 1 spiro atoms. The molecule has 1 atom stereocenters. The van der Waals surface area contributed by atoms with Crippen LogP contribution < -0.4 is 10.6 Å². The van der Waals surface area contributed by atoms with E-state index in [0.717, 1.165) is 28.8 Å². The molecule has 6 rings (SSSR count). The molecule has 4 nitrogen and oxygen atoms in total. The molecular weight excluding hydrogens is 292 g/mol. The zero-order valence-electron chi connectivity index (χ0n) is 12.5. The quantitative estimate of drug-likeness (QED) is 0.894. The zero-order valence-corrected chi connectivity index (χ0v) is 13.3. The number of nitrogens with zero attached hydrogens (tertiary/aromatic N) is 2. The molecule has 3 saturated heterocycles. The summed E-state index contributed by atoms with van der Waals surface area (Å²) in [6.07, 6.45) is 6.15. The van der Waals surface area contributed by atoms with E-state index in [9.17, 15) is 0 Å². The average molecular weight is 312 g/mol. The van der Waals surface area contributed by atoms with Gasteiger partial charge in [-0.3, -0.25) is 0 Å². The van der Waals surface area contributed by atoms with E-state index in [0.29, 0.717) is 0 Å². The minimum Gasteiger partial charge on any atom is -0.365 e. The van der Waals surface area contributed by atoms with Crippen LogP contribution in [-0.4, -0.2) is 35.1 Å². The van der Waals surface area contributed by atoms with E-state index in [1.165, 1.54) is 37.2 Å². The highest BCUT2D eigenvalue weighted by atomic mass is 32.1. The lowest BCUT2D eigenvalue weighted by Crippen LogP contribution is -2.64. The second kappa shape index (κ2) is 4.70. The van der Waals surface area contributed by atoms with Crippen LogP contribution in [0.25, 0.3) is 10.2 Å². The molecule has 114 valence electrons. The molecule has 0 aliphatic carbocycles. The summed E-state index contributed by atoms with van der Waals surface area (Å²) in [4.78, 5) is 7.29. The molecule has 4 aliphatic rings. The summed E-state index contributed by atoms with van der Waals surface area (Å²) >= 11 is 1.72. The summed E-state index contributed by atoms with van der Waals surface area (Å²) in [5.74, 6) is 1.97. The third-order valence-corrected chi connectivity index (χ3v) is 6.42. The maximum absolute atomic E-state index is 4.67. The number of rotatable bonds is 2. The van der Waals surface area contributed by atoms with Gasteiger partial charge in [-0.05, 0) is 56.5 Å². The lowest BCUT2D eigenvalue weighted by molar-refractivity contribution is 0.0189. The Labute approximate surface area is 134 Å². The van der Waals surface area contributed by atoms with Crippen molar-refractivity contribution in [3.63, 3.8) is 0 Å². The lowest BCUT2D eigenvalue weighted by atomic mass is 9.72. The SMILES string of the molecule is C1=C(Nc2nc3ccccc3s2)N[C@]2(C1)CN1CCC2CC1. The molecule has 4 aliphatic heterocycles. The van der Waals surface area contributed by atoms with Gasteiger partial charge in [0.05, 0.1) is 15.8 Å². The molecule has 2 aromatic rings. The van der Waals surface area contributed by atoms with Crippen LogP contribution in [0.4, 0.5) is 5.13 Å². The molecule has 1 aromatic heterocycles. The van der Waals surface area contributed by atoms with Gasteiger partial charge in [0.25, 0.3) is 0 Å². The van der Waals surface area contributed by atoms with E-state index in [4.69, 9.17) is 0 Å². The molecule has 5 heterocycles. The molecule has 5 heteroatoms. The Morgan fingerprint density at radius 3 is 2.91 bits per heavy atom. The Balaban J connectivity index is 1.35. The molecule has 3 fully saturated rings. The fourth-order valence-electron chi connectivity index (χ4n) is 4.32. The van der Waals surface area contributed by atoms with E-state index in [1.54, 1.807) is 11.3 Å². The molecule has 0 amide bonds. The number of thiazole rings is 1. The summed E-state index contributed by atoms with van der Waals surface area (Å²) < 4.78 is 1.24. The van der Waals surface area contributed by atoms with Crippen LogP contribution in [0.1, 0.15) is 19.3 Å².